The first-order chi connectivity index (χ1) is 16.5. The van der Waals surface area contributed by atoms with Crippen LogP contribution in [0.3, 0.4) is 0 Å². The lowest BCUT2D eigenvalue weighted by atomic mass is 9.95. The molecule has 2 aromatic heterocycles. The molecule has 7 nitrogen and oxygen atoms in total. The number of pyridine rings is 1. The number of ether oxygens (including phenoxy) is 1. The zero-order chi connectivity index (χ0) is 24.1. The molecule has 0 aliphatic carbocycles. The molecule has 3 aromatic rings. The highest BCUT2D eigenvalue weighted by Gasteiger charge is 2.32. The maximum atomic E-state index is 13.0. The molecule has 0 bridgehead atoms. The number of carbonyl (C=O) groups excluding carboxylic acids is 2. The van der Waals surface area contributed by atoms with Crippen LogP contribution >= 0.6 is 11.3 Å². The van der Waals surface area contributed by atoms with Crippen molar-refractivity contribution in [2.24, 2.45) is 0 Å². The average molecular weight is 479 g/mol. The summed E-state index contributed by atoms with van der Waals surface area (Å²) in [4.78, 5) is 34.7. The number of nitrogens with zero attached hydrogens (tertiary/aromatic N) is 3. The Hall–Kier alpha value is -3.23. The number of carbonyl (C=O) groups is 2. The van der Waals surface area contributed by atoms with Gasteiger partial charge in [0.05, 0.1) is 12.6 Å². The van der Waals surface area contributed by atoms with Crippen molar-refractivity contribution < 1.29 is 14.3 Å². The Bertz CT molecular complexity index is 1130. The smallest absolute Gasteiger partial charge is 0.409 e. The van der Waals surface area contributed by atoms with Gasteiger partial charge in [0.25, 0.3) is 5.91 Å². The predicted molar refractivity (Wildman–Crippen MR) is 134 cm³/mol. The van der Waals surface area contributed by atoms with E-state index in [4.69, 9.17) is 4.74 Å². The minimum Gasteiger partial charge on any atom is -0.450 e. The molecular weight excluding hydrogens is 448 g/mol. The molecule has 1 aliphatic heterocycles. The summed E-state index contributed by atoms with van der Waals surface area (Å²) in [6, 6.07) is 13.2. The van der Waals surface area contributed by atoms with Crippen molar-refractivity contribution >= 4 is 28.3 Å². The number of piperazine rings is 1. The maximum absolute atomic E-state index is 13.0. The molecule has 1 atom stereocenters. The van der Waals surface area contributed by atoms with Gasteiger partial charge in [-0.2, -0.15) is 0 Å². The van der Waals surface area contributed by atoms with Crippen LogP contribution in [-0.2, 0) is 4.74 Å². The number of anilines is 1. The number of hydrogen-bond acceptors (Lipinski definition) is 6. The quantitative estimate of drug-likeness (QED) is 0.547. The molecule has 1 N–H and O–H groups in total. The number of nitrogens with one attached hydrogen (secondary N) is 1. The van der Waals surface area contributed by atoms with Crippen molar-refractivity contribution in [1.29, 1.82) is 0 Å². The van der Waals surface area contributed by atoms with Gasteiger partial charge in [-0.15, -0.1) is 11.3 Å². The van der Waals surface area contributed by atoms with Crippen molar-refractivity contribution in [2.75, 3.05) is 38.1 Å². The van der Waals surface area contributed by atoms with Crippen molar-refractivity contribution in [2.45, 2.75) is 26.8 Å². The number of aryl methyl sites for hydroxylation is 1. The van der Waals surface area contributed by atoms with Crippen molar-refractivity contribution in [1.82, 2.24) is 14.8 Å². The van der Waals surface area contributed by atoms with Gasteiger partial charge in [0.15, 0.2) is 0 Å². The van der Waals surface area contributed by atoms with E-state index < -0.39 is 0 Å². The molecule has 3 heterocycles. The Morgan fingerprint density at radius 1 is 1.06 bits per heavy atom. The topological polar surface area (TPSA) is 74.8 Å². The monoisotopic (exact) mass is 478 g/mol. The minimum atomic E-state index is -0.263. The second-order valence-corrected chi connectivity index (χ2v) is 9.48. The van der Waals surface area contributed by atoms with Crippen LogP contribution in [0.15, 0.2) is 54.9 Å². The zero-order valence-electron chi connectivity index (χ0n) is 19.8. The predicted octanol–water partition coefficient (Wildman–Crippen LogP) is 4.88. The minimum absolute atomic E-state index is 0.0663. The molecule has 0 spiro atoms. The van der Waals surface area contributed by atoms with Crippen LogP contribution in [0.5, 0.6) is 0 Å². The van der Waals surface area contributed by atoms with Gasteiger partial charge in [-0.1, -0.05) is 18.2 Å². The second-order valence-electron chi connectivity index (χ2n) is 8.25. The Labute approximate surface area is 204 Å². The fraction of sp³-hybridized carbons (Fsp3) is 0.346. The van der Waals surface area contributed by atoms with Crippen LogP contribution < -0.4 is 5.32 Å². The van der Waals surface area contributed by atoms with Gasteiger partial charge in [-0.3, -0.25) is 14.7 Å². The summed E-state index contributed by atoms with van der Waals surface area (Å²) in [7, 11) is 0. The average Bonchev–Trinajstić information content (AvgIpc) is 3.14. The SMILES string of the molecule is CCOC(=O)N1CCN(C(c2ccncc2)c2c(NC(=O)c3ccccc3)sc(C)c2C)CC1. The van der Waals surface area contributed by atoms with E-state index in [0.717, 1.165) is 16.1 Å². The first-order valence-electron chi connectivity index (χ1n) is 11.5. The molecule has 178 valence electrons. The van der Waals surface area contributed by atoms with Gasteiger partial charge in [0, 0.05) is 54.6 Å². The number of aromatic nitrogens is 1. The summed E-state index contributed by atoms with van der Waals surface area (Å²) in [6.07, 6.45) is 3.34. The number of hydrogen-bond donors (Lipinski definition) is 1. The molecule has 0 saturated carbocycles. The highest BCUT2D eigenvalue weighted by molar-refractivity contribution is 7.16. The summed E-state index contributed by atoms with van der Waals surface area (Å²) in [5.41, 5.74) is 4.00. The number of amides is 2. The van der Waals surface area contributed by atoms with Crippen LogP contribution in [0.25, 0.3) is 0 Å². The highest BCUT2D eigenvalue weighted by atomic mass is 32.1. The molecule has 8 heteroatoms. The van der Waals surface area contributed by atoms with E-state index in [0.29, 0.717) is 38.3 Å². The summed E-state index contributed by atoms with van der Waals surface area (Å²) in [5, 5.41) is 4.03. The molecule has 1 aromatic carbocycles. The Balaban J connectivity index is 1.67. The van der Waals surface area contributed by atoms with Gasteiger partial charge in [0.1, 0.15) is 5.00 Å². The lowest BCUT2D eigenvalue weighted by Crippen LogP contribution is -2.50. The van der Waals surface area contributed by atoms with E-state index in [9.17, 15) is 9.59 Å². The molecule has 4 rings (SSSR count). The van der Waals surface area contributed by atoms with Crippen molar-refractivity contribution in [3.8, 4) is 0 Å². The van der Waals surface area contributed by atoms with Crippen LogP contribution in [0.1, 0.15) is 44.9 Å². The number of benzene rings is 1. The number of thiophene rings is 1. The first kappa shape index (κ1) is 23.9. The largest absolute Gasteiger partial charge is 0.450 e. The van der Waals surface area contributed by atoms with Crippen molar-refractivity contribution in [3.63, 3.8) is 0 Å². The van der Waals surface area contributed by atoms with E-state index in [1.807, 2.05) is 49.4 Å². The zero-order valence-corrected chi connectivity index (χ0v) is 20.6. The summed E-state index contributed by atoms with van der Waals surface area (Å²) in [6.45, 7) is 8.98. The highest BCUT2D eigenvalue weighted by Crippen LogP contribution is 2.42. The maximum Gasteiger partial charge on any atom is 0.409 e. The molecule has 1 unspecified atom stereocenters. The Morgan fingerprint density at radius 2 is 1.74 bits per heavy atom. The lowest BCUT2D eigenvalue weighted by molar-refractivity contribution is 0.0715. The van der Waals surface area contributed by atoms with Crippen molar-refractivity contribution in [3.05, 3.63) is 82.0 Å². The van der Waals surface area contributed by atoms with Gasteiger partial charge in [0.2, 0.25) is 0 Å². The van der Waals surface area contributed by atoms with E-state index in [1.165, 1.54) is 10.4 Å². The van der Waals surface area contributed by atoms with Crippen LogP contribution in [0, 0.1) is 13.8 Å². The Morgan fingerprint density at radius 3 is 2.38 bits per heavy atom. The molecule has 0 radical (unpaired) electrons. The van der Waals surface area contributed by atoms with Gasteiger partial charge >= 0.3 is 6.09 Å². The summed E-state index contributed by atoms with van der Waals surface area (Å²) >= 11 is 1.60. The molecule has 1 saturated heterocycles. The number of rotatable bonds is 6. The fourth-order valence-corrected chi connectivity index (χ4v) is 5.40. The first-order valence-corrected chi connectivity index (χ1v) is 12.3. The summed E-state index contributed by atoms with van der Waals surface area (Å²) in [5.74, 6) is -0.122. The van der Waals surface area contributed by atoms with E-state index >= 15 is 0 Å². The van der Waals surface area contributed by atoms with E-state index in [1.54, 1.807) is 28.6 Å². The normalized spacial score (nSPS) is 15.1. The van der Waals surface area contributed by atoms with Crippen LogP contribution in [-0.4, -0.2) is 59.6 Å². The fourth-order valence-electron chi connectivity index (χ4n) is 4.31. The van der Waals surface area contributed by atoms with Gasteiger partial charge in [-0.05, 0) is 56.2 Å². The van der Waals surface area contributed by atoms with Gasteiger partial charge in [-0.25, -0.2) is 4.79 Å². The molecule has 2 amide bonds. The standard InChI is InChI=1S/C26H30N4O3S/c1-4-33-26(32)30-16-14-29(15-17-30)23(20-10-12-27-13-11-20)22-18(2)19(3)34-25(22)28-24(31)21-8-6-5-7-9-21/h5-13,23H,4,14-17H2,1-3H3,(H,28,31). The molecular formula is C26H30N4O3S. The Kier molecular flexibility index (Phi) is 7.59. The van der Waals surface area contributed by atoms with Gasteiger partial charge < -0.3 is 15.0 Å². The van der Waals surface area contributed by atoms with Crippen LogP contribution in [0.2, 0.25) is 0 Å². The van der Waals surface area contributed by atoms with Crippen LogP contribution in [0.4, 0.5) is 9.80 Å². The molecule has 1 aliphatic rings. The summed E-state index contributed by atoms with van der Waals surface area (Å²) < 4.78 is 5.19. The third-order valence-corrected chi connectivity index (χ3v) is 7.33. The van der Waals surface area contributed by atoms with E-state index in [2.05, 4.69) is 29.0 Å². The van der Waals surface area contributed by atoms with E-state index in [-0.39, 0.29) is 18.0 Å². The molecule has 1 fully saturated rings. The second kappa shape index (κ2) is 10.8. The third-order valence-electron chi connectivity index (χ3n) is 6.20. The molecule has 34 heavy (non-hydrogen) atoms. The lowest BCUT2D eigenvalue weighted by Gasteiger charge is -2.39. The third kappa shape index (κ3) is 5.13.